The normalized spacial score (nSPS) is 9.82. The Labute approximate surface area is 102 Å². The Hall–Kier alpha value is -2.02. The largest absolute Gasteiger partial charge is 0.376 e. The molecule has 0 fully saturated rings. The summed E-state index contributed by atoms with van der Waals surface area (Å²) in [5, 5.41) is 14.6. The van der Waals surface area contributed by atoms with Gasteiger partial charge in [0.1, 0.15) is 0 Å². The fourth-order valence-corrected chi connectivity index (χ4v) is 1.45. The molecule has 0 atom stereocenters. The van der Waals surface area contributed by atoms with Gasteiger partial charge in [-0.3, -0.25) is 4.79 Å². The number of hydrogen-bond donors (Lipinski definition) is 2. The molecule has 0 aliphatic carbocycles. The summed E-state index contributed by atoms with van der Waals surface area (Å²) >= 11 is 0. The molecule has 1 amide bonds. The standard InChI is InChI=1S/C13H17N3O/c1-9(2)16-13(17)8-15-12-5-4-11(7-14)10(3)6-12/h4-6,9,15H,8H2,1-3H3,(H,16,17). The second-order valence-corrected chi connectivity index (χ2v) is 4.22. The van der Waals surface area contributed by atoms with Gasteiger partial charge < -0.3 is 10.6 Å². The number of benzene rings is 1. The SMILES string of the molecule is Cc1cc(NCC(=O)NC(C)C)ccc1C#N. The summed E-state index contributed by atoms with van der Waals surface area (Å²) in [6.45, 7) is 5.95. The molecule has 0 aliphatic heterocycles. The average Bonchev–Trinajstić information content (AvgIpc) is 2.25. The van der Waals surface area contributed by atoms with E-state index in [1.165, 1.54) is 0 Å². The van der Waals surface area contributed by atoms with Crippen molar-refractivity contribution >= 4 is 11.6 Å². The zero-order valence-corrected chi connectivity index (χ0v) is 10.4. The van der Waals surface area contributed by atoms with Crippen LogP contribution in [0.2, 0.25) is 0 Å². The molecule has 90 valence electrons. The van der Waals surface area contributed by atoms with Crippen molar-refractivity contribution in [2.45, 2.75) is 26.8 Å². The third kappa shape index (κ3) is 4.15. The van der Waals surface area contributed by atoms with Crippen molar-refractivity contribution < 1.29 is 4.79 Å². The van der Waals surface area contributed by atoms with Crippen LogP contribution in [-0.4, -0.2) is 18.5 Å². The van der Waals surface area contributed by atoms with Gasteiger partial charge in [0.25, 0.3) is 0 Å². The Morgan fingerprint density at radius 2 is 2.18 bits per heavy atom. The quantitative estimate of drug-likeness (QED) is 0.830. The number of aryl methyl sites for hydroxylation is 1. The highest BCUT2D eigenvalue weighted by Crippen LogP contribution is 2.13. The highest BCUT2D eigenvalue weighted by molar-refractivity contribution is 5.80. The first-order valence-corrected chi connectivity index (χ1v) is 5.57. The van der Waals surface area contributed by atoms with Crippen LogP contribution >= 0.6 is 0 Å². The van der Waals surface area contributed by atoms with Gasteiger partial charge in [-0.2, -0.15) is 5.26 Å². The van der Waals surface area contributed by atoms with Crippen LogP contribution in [0.3, 0.4) is 0 Å². The maximum Gasteiger partial charge on any atom is 0.239 e. The molecule has 4 heteroatoms. The summed E-state index contributed by atoms with van der Waals surface area (Å²) in [7, 11) is 0. The molecule has 0 spiro atoms. The molecule has 1 aromatic rings. The number of amides is 1. The minimum absolute atomic E-state index is 0.0398. The van der Waals surface area contributed by atoms with E-state index in [4.69, 9.17) is 5.26 Å². The topological polar surface area (TPSA) is 64.9 Å². The molecule has 1 aromatic carbocycles. The lowest BCUT2D eigenvalue weighted by Gasteiger charge is -2.10. The van der Waals surface area contributed by atoms with Gasteiger partial charge in [-0.25, -0.2) is 0 Å². The van der Waals surface area contributed by atoms with E-state index in [1.807, 2.05) is 26.8 Å². The number of carbonyl (C=O) groups excluding carboxylic acids is 1. The van der Waals surface area contributed by atoms with E-state index >= 15 is 0 Å². The maximum atomic E-state index is 11.4. The fraction of sp³-hybridized carbons (Fsp3) is 0.385. The van der Waals surface area contributed by atoms with Gasteiger partial charge in [0.05, 0.1) is 18.2 Å². The summed E-state index contributed by atoms with van der Waals surface area (Å²) in [4.78, 5) is 11.4. The molecule has 0 aliphatic rings. The summed E-state index contributed by atoms with van der Waals surface area (Å²) in [5.74, 6) is -0.0398. The monoisotopic (exact) mass is 231 g/mol. The Kier molecular flexibility index (Phi) is 4.53. The summed E-state index contributed by atoms with van der Waals surface area (Å²) in [6, 6.07) is 7.66. The Morgan fingerprint density at radius 3 is 2.71 bits per heavy atom. The van der Waals surface area contributed by atoms with Gasteiger partial charge in [-0.15, -0.1) is 0 Å². The van der Waals surface area contributed by atoms with Crippen molar-refractivity contribution in [2.75, 3.05) is 11.9 Å². The smallest absolute Gasteiger partial charge is 0.239 e. The van der Waals surface area contributed by atoms with Gasteiger partial charge in [0.2, 0.25) is 5.91 Å². The third-order valence-corrected chi connectivity index (χ3v) is 2.25. The highest BCUT2D eigenvalue weighted by atomic mass is 16.1. The van der Waals surface area contributed by atoms with Crippen molar-refractivity contribution in [1.82, 2.24) is 5.32 Å². The van der Waals surface area contributed by atoms with Gasteiger partial charge in [0.15, 0.2) is 0 Å². The van der Waals surface area contributed by atoms with Gasteiger partial charge >= 0.3 is 0 Å². The van der Waals surface area contributed by atoms with Crippen LogP contribution in [-0.2, 0) is 4.79 Å². The second-order valence-electron chi connectivity index (χ2n) is 4.22. The fourth-order valence-electron chi connectivity index (χ4n) is 1.45. The molecular formula is C13H17N3O. The van der Waals surface area contributed by atoms with Gasteiger partial charge in [-0.05, 0) is 44.5 Å². The zero-order valence-electron chi connectivity index (χ0n) is 10.4. The van der Waals surface area contributed by atoms with Crippen molar-refractivity contribution in [1.29, 1.82) is 5.26 Å². The van der Waals surface area contributed by atoms with Crippen LogP contribution in [0.4, 0.5) is 5.69 Å². The lowest BCUT2D eigenvalue weighted by Crippen LogP contribution is -2.34. The first-order chi connectivity index (χ1) is 8.02. The summed E-state index contributed by atoms with van der Waals surface area (Å²) < 4.78 is 0. The maximum absolute atomic E-state index is 11.4. The number of nitrogens with zero attached hydrogens (tertiary/aromatic N) is 1. The van der Waals surface area contributed by atoms with Crippen LogP contribution < -0.4 is 10.6 Å². The van der Waals surface area contributed by atoms with Crippen LogP contribution in [0.25, 0.3) is 0 Å². The summed E-state index contributed by atoms with van der Waals surface area (Å²) in [6.07, 6.45) is 0. The molecule has 0 radical (unpaired) electrons. The van der Waals surface area contributed by atoms with Crippen molar-refractivity contribution in [2.24, 2.45) is 0 Å². The molecule has 2 N–H and O–H groups in total. The van der Waals surface area contributed by atoms with Crippen LogP contribution in [0.15, 0.2) is 18.2 Å². The van der Waals surface area contributed by atoms with Crippen LogP contribution in [0.1, 0.15) is 25.0 Å². The molecule has 0 heterocycles. The Bertz CT molecular complexity index is 446. The molecule has 0 bridgehead atoms. The number of nitrogens with one attached hydrogen (secondary N) is 2. The van der Waals surface area contributed by atoms with E-state index < -0.39 is 0 Å². The van der Waals surface area contributed by atoms with Crippen molar-refractivity contribution in [3.8, 4) is 6.07 Å². The van der Waals surface area contributed by atoms with E-state index in [1.54, 1.807) is 12.1 Å². The second kappa shape index (κ2) is 5.90. The molecule has 0 saturated heterocycles. The Balaban J connectivity index is 2.56. The average molecular weight is 231 g/mol. The molecule has 0 saturated carbocycles. The molecule has 0 unspecified atom stereocenters. The van der Waals surface area contributed by atoms with Gasteiger partial charge in [0, 0.05) is 11.7 Å². The third-order valence-electron chi connectivity index (χ3n) is 2.25. The van der Waals surface area contributed by atoms with Crippen LogP contribution in [0, 0.1) is 18.3 Å². The van der Waals surface area contributed by atoms with Crippen LogP contribution in [0.5, 0.6) is 0 Å². The molecule has 17 heavy (non-hydrogen) atoms. The number of hydrogen-bond acceptors (Lipinski definition) is 3. The van der Waals surface area contributed by atoms with E-state index in [0.717, 1.165) is 11.3 Å². The minimum Gasteiger partial charge on any atom is -0.376 e. The van der Waals surface area contributed by atoms with E-state index in [-0.39, 0.29) is 18.5 Å². The lowest BCUT2D eigenvalue weighted by atomic mass is 10.1. The summed E-state index contributed by atoms with van der Waals surface area (Å²) in [5.41, 5.74) is 2.41. The van der Waals surface area contributed by atoms with Crippen molar-refractivity contribution in [3.63, 3.8) is 0 Å². The molecule has 1 rings (SSSR count). The zero-order chi connectivity index (χ0) is 12.8. The minimum atomic E-state index is -0.0398. The molecular weight excluding hydrogens is 214 g/mol. The number of anilines is 1. The van der Waals surface area contributed by atoms with E-state index in [2.05, 4.69) is 16.7 Å². The number of carbonyl (C=O) groups is 1. The highest BCUT2D eigenvalue weighted by Gasteiger charge is 2.03. The van der Waals surface area contributed by atoms with E-state index in [9.17, 15) is 4.79 Å². The predicted octanol–water partition coefficient (Wildman–Crippen LogP) is 1.80. The number of nitriles is 1. The Morgan fingerprint density at radius 1 is 1.47 bits per heavy atom. The number of rotatable bonds is 4. The van der Waals surface area contributed by atoms with E-state index in [0.29, 0.717) is 5.56 Å². The first kappa shape index (κ1) is 13.0. The van der Waals surface area contributed by atoms with Crippen molar-refractivity contribution in [3.05, 3.63) is 29.3 Å². The molecule has 0 aromatic heterocycles. The predicted molar refractivity (Wildman–Crippen MR) is 67.7 cm³/mol. The lowest BCUT2D eigenvalue weighted by molar-refractivity contribution is -0.119. The molecule has 4 nitrogen and oxygen atoms in total. The van der Waals surface area contributed by atoms with Gasteiger partial charge in [-0.1, -0.05) is 0 Å². The first-order valence-electron chi connectivity index (χ1n) is 5.57.